The Kier molecular flexibility index (Phi) is 7.32. The summed E-state index contributed by atoms with van der Waals surface area (Å²) in [6.07, 6.45) is 6.80. The monoisotopic (exact) mass is 330 g/mol. The molecule has 0 aromatic heterocycles. The van der Waals surface area contributed by atoms with Gasteiger partial charge >= 0.3 is 0 Å². The SMILES string of the molecule is C=CCCC(CC)Nc1cccc(C(=O)N2CCC(CO)CC2)c1. The zero-order chi connectivity index (χ0) is 17.4. The highest BCUT2D eigenvalue weighted by molar-refractivity contribution is 5.95. The van der Waals surface area contributed by atoms with Crippen molar-refractivity contribution in [1.29, 1.82) is 0 Å². The van der Waals surface area contributed by atoms with Crippen LogP contribution in [-0.2, 0) is 0 Å². The van der Waals surface area contributed by atoms with Gasteiger partial charge in [0, 0.05) is 37.0 Å². The Balaban J connectivity index is 1.98. The number of aliphatic hydroxyl groups is 1. The number of hydrogen-bond donors (Lipinski definition) is 2. The Morgan fingerprint density at radius 2 is 2.21 bits per heavy atom. The molecule has 1 saturated heterocycles. The number of nitrogens with one attached hydrogen (secondary N) is 1. The number of rotatable bonds is 8. The van der Waals surface area contributed by atoms with Crippen LogP contribution in [0.25, 0.3) is 0 Å². The molecule has 24 heavy (non-hydrogen) atoms. The maximum atomic E-state index is 12.7. The number of carbonyl (C=O) groups excluding carboxylic acids is 1. The van der Waals surface area contributed by atoms with Crippen LogP contribution >= 0.6 is 0 Å². The average molecular weight is 330 g/mol. The van der Waals surface area contributed by atoms with Gasteiger partial charge in [-0.2, -0.15) is 0 Å². The lowest BCUT2D eigenvalue weighted by Crippen LogP contribution is -2.39. The van der Waals surface area contributed by atoms with E-state index in [4.69, 9.17) is 0 Å². The summed E-state index contributed by atoms with van der Waals surface area (Å²) >= 11 is 0. The number of allylic oxidation sites excluding steroid dienone is 1. The molecule has 1 aromatic rings. The fraction of sp³-hybridized carbons (Fsp3) is 0.550. The van der Waals surface area contributed by atoms with E-state index in [1.54, 1.807) is 0 Å². The van der Waals surface area contributed by atoms with Crippen molar-refractivity contribution in [2.45, 2.75) is 45.1 Å². The number of amides is 1. The maximum Gasteiger partial charge on any atom is 0.253 e. The summed E-state index contributed by atoms with van der Waals surface area (Å²) in [6, 6.07) is 8.20. The molecule has 4 heteroatoms. The summed E-state index contributed by atoms with van der Waals surface area (Å²) < 4.78 is 0. The van der Waals surface area contributed by atoms with Crippen LogP contribution in [0.5, 0.6) is 0 Å². The number of likely N-dealkylation sites (tertiary alicyclic amines) is 1. The highest BCUT2D eigenvalue weighted by Gasteiger charge is 2.23. The molecule has 2 N–H and O–H groups in total. The second kappa shape index (κ2) is 9.48. The Morgan fingerprint density at radius 3 is 2.83 bits per heavy atom. The molecule has 1 aromatic carbocycles. The lowest BCUT2D eigenvalue weighted by Gasteiger charge is -2.31. The number of nitrogens with zero attached hydrogens (tertiary/aromatic N) is 1. The van der Waals surface area contributed by atoms with Crippen LogP contribution < -0.4 is 5.32 Å². The second-order valence-corrected chi connectivity index (χ2v) is 6.61. The van der Waals surface area contributed by atoms with Crippen molar-refractivity contribution in [3.05, 3.63) is 42.5 Å². The van der Waals surface area contributed by atoms with Gasteiger partial charge in [0.15, 0.2) is 0 Å². The molecule has 1 unspecified atom stereocenters. The summed E-state index contributed by atoms with van der Waals surface area (Å²) in [5.41, 5.74) is 1.74. The molecular formula is C20H30N2O2. The first-order valence-corrected chi connectivity index (χ1v) is 9.05. The van der Waals surface area contributed by atoms with Crippen molar-refractivity contribution >= 4 is 11.6 Å². The molecule has 0 radical (unpaired) electrons. The zero-order valence-corrected chi connectivity index (χ0v) is 14.7. The van der Waals surface area contributed by atoms with Crippen molar-refractivity contribution in [1.82, 2.24) is 4.90 Å². The van der Waals surface area contributed by atoms with E-state index in [-0.39, 0.29) is 12.5 Å². The molecule has 1 atom stereocenters. The smallest absolute Gasteiger partial charge is 0.253 e. The normalized spacial score (nSPS) is 16.7. The van der Waals surface area contributed by atoms with E-state index in [2.05, 4.69) is 18.8 Å². The number of benzene rings is 1. The van der Waals surface area contributed by atoms with Gasteiger partial charge in [-0.25, -0.2) is 0 Å². The summed E-state index contributed by atoms with van der Waals surface area (Å²) in [7, 11) is 0. The van der Waals surface area contributed by atoms with Crippen LogP contribution in [0, 0.1) is 5.92 Å². The lowest BCUT2D eigenvalue weighted by molar-refractivity contribution is 0.0651. The molecule has 4 nitrogen and oxygen atoms in total. The molecule has 0 saturated carbocycles. The van der Waals surface area contributed by atoms with Gasteiger partial charge in [0.05, 0.1) is 0 Å². The molecule has 1 heterocycles. The van der Waals surface area contributed by atoms with Gasteiger partial charge in [-0.15, -0.1) is 6.58 Å². The third kappa shape index (κ3) is 5.10. The Hall–Kier alpha value is -1.81. The maximum absolute atomic E-state index is 12.7. The van der Waals surface area contributed by atoms with Crippen LogP contribution in [0.2, 0.25) is 0 Å². The molecular weight excluding hydrogens is 300 g/mol. The first-order chi connectivity index (χ1) is 11.7. The molecule has 132 valence electrons. The second-order valence-electron chi connectivity index (χ2n) is 6.61. The van der Waals surface area contributed by atoms with Gasteiger partial charge in [0.2, 0.25) is 0 Å². The van der Waals surface area contributed by atoms with E-state index in [9.17, 15) is 9.90 Å². The van der Waals surface area contributed by atoms with E-state index >= 15 is 0 Å². The zero-order valence-electron chi connectivity index (χ0n) is 14.7. The molecule has 1 amide bonds. The lowest BCUT2D eigenvalue weighted by atomic mass is 9.97. The molecule has 2 rings (SSSR count). The third-order valence-corrected chi connectivity index (χ3v) is 4.85. The molecule has 1 fully saturated rings. The fourth-order valence-corrected chi connectivity index (χ4v) is 3.18. The Morgan fingerprint density at radius 1 is 1.46 bits per heavy atom. The summed E-state index contributed by atoms with van der Waals surface area (Å²) in [5.74, 6) is 0.436. The van der Waals surface area contributed by atoms with Gasteiger partial charge < -0.3 is 15.3 Å². The van der Waals surface area contributed by atoms with Crippen LogP contribution in [0.1, 0.15) is 49.4 Å². The minimum absolute atomic E-state index is 0.0918. The molecule has 0 spiro atoms. The van der Waals surface area contributed by atoms with Gasteiger partial charge in [-0.1, -0.05) is 19.1 Å². The number of piperidine rings is 1. The minimum Gasteiger partial charge on any atom is -0.396 e. The first kappa shape index (κ1) is 18.5. The van der Waals surface area contributed by atoms with Crippen LogP contribution in [0.15, 0.2) is 36.9 Å². The van der Waals surface area contributed by atoms with Gasteiger partial charge in [0.25, 0.3) is 5.91 Å². The van der Waals surface area contributed by atoms with Gasteiger partial charge in [-0.3, -0.25) is 4.79 Å². The van der Waals surface area contributed by atoms with Gasteiger partial charge in [0.1, 0.15) is 0 Å². The Bertz CT molecular complexity index is 536. The predicted octanol–water partition coefficient (Wildman–Crippen LogP) is 3.69. The molecule has 1 aliphatic rings. The van der Waals surface area contributed by atoms with Crippen molar-refractivity contribution in [2.24, 2.45) is 5.92 Å². The van der Waals surface area contributed by atoms with Crippen molar-refractivity contribution in [3.63, 3.8) is 0 Å². The quantitative estimate of drug-likeness (QED) is 0.715. The fourth-order valence-electron chi connectivity index (χ4n) is 3.18. The largest absolute Gasteiger partial charge is 0.396 e. The summed E-state index contributed by atoms with van der Waals surface area (Å²) in [6.45, 7) is 7.64. The van der Waals surface area contributed by atoms with E-state index in [0.717, 1.165) is 56.4 Å². The number of anilines is 1. The third-order valence-electron chi connectivity index (χ3n) is 4.85. The topological polar surface area (TPSA) is 52.6 Å². The average Bonchev–Trinajstić information content (AvgIpc) is 2.64. The van der Waals surface area contributed by atoms with Crippen LogP contribution in [-0.4, -0.2) is 41.7 Å². The number of hydrogen-bond acceptors (Lipinski definition) is 3. The van der Waals surface area contributed by atoms with Crippen LogP contribution in [0.4, 0.5) is 5.69 Å². The minimum atomic E-state index is 0.0918. The molecule has 0 aliphatic carbocycles. The number of carbonyl (C=O) groups is 1. The van der Waals surface area contributed by atoms with Crippen LogP contribution in [0.3, 0.4) is 0 Å². The van der Waals surface area contributed by atoms with E-state index in [1.807, 2.05) is 35.2 Å². The van der Waals surface area contributed by atoms with Gasteiger partial charge in [-0.05, 0) is 56.2 Å². The summed E-state index contributed by atoms with van der Waals surface area (Å²) in [5, 5.41) is 12.7. The first-order valence-electron chi connectivity index (χ1n) is 9.05. The number of aliphatic hydroxyl groups excluding tert-OH is 1. The van der Waals surface area contributed by atoms with Crippen molar-refractivity contribution in [2.75, 3.05) is 25.0 Å². The van der Waals surface area contributed by atoms with E-state index in [1.165, 1.54) is 0 Å². The highest BCUT2D eigenvalue weighted by atomic mass is 16.3. The highest BCUT2D eigenvalue weighted by Crippen LogP contribution is 2.20. The van der Waals surface area contributed by atoms with Crippen molar-refractivity contribution < 1.29 is 9.90 Å². The Labute approximate surface area is 145 Å². The predicted molar refractivity (Wildman–Crippen MR) is 99.3 cm³/mol. The van der Waals surface area contributed by atoms with Crippen molar-refractivity contribution in [3.8, 4) is 0 Å². The molecule has 0 bridgehead atoms. The van der Waals surface area contributed by atoms with E-state index in [0.29, 0.717) is 12.0 Å². The summed E-state index contributed by atoms with van der Waals surface area (Å²) in [4.78, 5) is 14.6. The standard InChI is InChI=1S/C20H30N2O2/c1-3-5-8-18(4-2)21-19-9-6-7-17(14-19)20(24)22-12-10-16(15-23)11-13-22/h3,6-7,9,14,16,18,21,23H,1,4-5,8,10-13,15H2,2H3. The van der Waals surface area contributed by atoms with E-state index < -0.39 is 0 Å². The molecule has 1 aliphatic heterocycles.